The van der Waals surface area contributed by atoms with Gasteiger partial charge in [0.05, 0.1) is 10.2 Å². The largest absolute Gasteiger partial charge is 0.486 e. The maximum atomic E-state index is 13.2. The quantitative estimate of drug-likeness (QED) is 0.434. The number of carbonyl (C=O) groups excluding carboxylic acids is 1. The summed E-state index contributed by atoms with van der Waals surface area (Å²) >= 11 is 1.33. The lowest BCUT2D eigenvalue weighted by Gasteiger charge is -2.10. The van der Waals surface area contributed by atoms with Crippen molar-refractivity contribution in [3.63, 3.8) is 0 Å². The number of unbranched alkanes of at least 4 members (excludes halogenated alkanes) is 1. The molecule has 154 valence electrons. The predicted octanol–water partition coefficient (Wildman–Crippen LogP) is 4.86. The Bertz CT molecular complexity index is 1260. The van der Waals surface area contributed by atoms with E-state index in [9.17, 15) is 9.59 Å². The number of nitrogens with one attached hydrogen (secondary N) is 1. The molecule has 0 aliphatic carbocycles. The summed E-state index contributed by atoms with van der Waals surface area (Å²) in [6.45, 7) is 2.97. The van der Waals surface area contributed by atoms with Crippen LogP contribution >= 0.6 is 11.3 Å². The van der Waals surface area contributed by atoms with Crippen molar-refractivity contribution in [2.75, 3.05) is 6.54 Å². The highest BCUT2D eigenvalue weighted by molar-refractivity contribution is 7.22. The van der Waals surface area contributed by atoms with Gasteiger partial charge in [-0.3, -0.25) is 9.59 Å². The fourth-order valence-electron chi connectivity index (χ4n) is 3.51. The predicted molar refractivity (Wildman–Crippen MR) is 123 cm³/mol. The van der Waals surface area contributed by atoms with Crippen molar-refractivity contribution in [3.8, 4) is 5.75 Å². The number of pyridine rings is 1. The number of benzene rings is 2. The Labute approximate surface area is 178 Å². The molecule has 2 heterocycles. The molecule has 1 amide bonds. The van der Waals surface area contributed by atoms with Crippen molar-refractivity contribution in [1.82, 2.24) is 9.88 Å². The molecular weight excluding hydrogens is 396 g/mol. The molecule has 0 saturated carbocycles. The number of carbonyl (C=O) groups is 1. The number of nitrogens with zero attached hydrogens (tertiary/aromatic N) is 1. The van der Waals surface area contributed by atoms with Gasteiger partial charge in [-0.1, -0.05) is 61.9 Å². The van der Waals surface area contributed by atoms with Gasteiger partial charge < -0.3 is 14.6 Å². The molecule has 0 bridgehead atoms. The number of para-hydroxylation sites is 1. The molecule has 30 heavy (non-hydrogen) atoms. The van der Waals surface area contributed by atoms with Crippen LogP contribution < -0.4 is 15.6 Å². The molecule has 0 atom stereocenters. The molecule has 4 aromatic rings. The van der Waals surface area contributed by atoms with E-state index in [1.54, 1.807) is 11.6 Å². The third-order valence-electron chi connectivity index (χ3n) is 5.14. The Kier molecular flexibility index (Phi) is 5.86. The van der Waals surface area contributed by atoms with Crippen LogP contribution in [0.25, 0.3) is 21.0 Å². The van der Waals surface area contributed by atoms with Crippen LogP contribution in [0.3, 0.4) is 0 Å². The first kappa shape index (κ1) is 20.2. The van der Waals surface area contributed by atoms with E-state index >= 15 is 0 Å². The second kappa shape index (κ2) is 8.71. The summed E-state index contributed by atoms with van der Waals surface area (Å²) in [5, 5.41) is 4.38. The maximum Gasteiger partial charge on any atom is 0.265 e. The molecule has 0 saturated heterocycles. The maximum absolute atomic E-state index is 13.2. The van der Waals surface area contributed by atoms with Crippen LogP contribution in [0.5, 0.6) is 5.75 Å². The van der Waals surface area contributed by atoms with Crippen LogP contribution in [0, 0.1) is 0 Å². The summed E-state index contributed by atoms with van der Waals surface area (Å²) in [6, 6.07) is 17.5. The second-order valence-electron chi connectivity index (χ2n) is 7.23. The molecule has 5 nitrogen and oxygen atoms in total. The first-order chi connectivity index (χ1) is 14.6. The van der Waals surface area contributed by atoms with E-state index in [0.717, 1.165) is 34.0 Å². The molecule has 0 spiro atoms. The molecular formula is C24H24N2O3S. The average Bonchev–Trinajstić information content (AvgIpc) is 3.17. The molecule has 0 unspecified atom stereocenters. The first-order valence-electron chi connectivity index (χ1n) is 10.1. The van der Waals surface area contributed by atoms with Gasteiger partial charge in [0, 0.05) is 19.0 Å². The lowest BCUT2D eigenvalue weighted by molar-refractivity contribution is 0.0953. The van der Waals surface area contributed by atoms with Crippen molar-refractivity contribution in [1.29, 1.82) is 0 Å². The normalized spacial score (nSPS) is 11.1. The van der Waals surface area contributed by atoms with Gasteiger partial charge in [0.25, 0.3) is 11.5 Å². The lowest BCUT2D eigenvalue weighted by atomic mass is 10.1. The molecule has 0 aliphatic rings. The Morgan fingerprint density at radius 3 is 2.60 bits per heavy atom. The van der Waals surface area contributed by atoms with Crippen molar-refractivity contribution >= 4 is 38.2 Å². The van der Waals surface area contributed by atoms with Gasteiger partial charge in [-0.15, -0.1) is 11.3 Å². The smallest absolute Gasteiger partial charge is 0.265 e. The van der Waals surface area contributed by atoms with Crippen molar-refractivity contribution in [2.24, 2.45) is 7.05 Å². The van der Waals surface area contributed by atoms with Crippen molar-refractivity contribution < 1.29 is 9.53 Å². The Balaban J connectivity index is 1.87. The summed E-state index contributed by atoms with van der Waals surface area (Å²) in [6.07, 6.45) is 1.90. The van der Waals surface area contributed by atoms with E-state index in [0.29, 0.717) is 22.6 Å². The monoisotopic (exact) mass is 420 g/mol. The molecule has 4 rings (SSSR count). The highest BCUT2D eigenvalue weighted by atomic mass is 32.1. The zero-order valence-electron chi connectivity index (χ0n) is 17.1. The van der Waals surface area contributed by atoms with Crippen LogP contribution in [-0.2, 0) is 13.7 Å². The SMILES string of the molecule is CCCCNC(=O)c1sc2c(c1OCc1ccccc1)c(=O)n(C)c1ccccc21. The molecule has 2 aromatic heterocycles. The second-order valence-corrected chi connectivity index (χ2v) is 8.25. The van der Waals surface area contributed by atoms with E-state index in [-0.39, 0.29) is 18.1 Å². The van der Waals surface area contributed by atoms with E-state index in [1.807, 2.05) is 54.6 Å². The molecule has 0 fully saturated rings. The van der Waals surface area contributed by atoms with Crippen LogP contribution in [0.15, 0.2) is 59.4 Å². The number of amides is 1. The molecule has 1 N–H and O–H groups in total. The third-order valence-corrected chi connectivity index (χ3v) is 6.34. The van der Waals surface area contributed by atoms with Gasteiger partial charge in [-0.05, 0) is 18.1 Å². The van der Waals surface area contributed by atoms with E-state index < -0.39 is 0 Å². The van der Waals surface area contributed by atoms with E-state index in [2.05, 4.69) is 12.2 Å². The Hall–Kier alpha value is -3.12. The zero-order chi connectivity index (χ0) is 21.1. The Morgan fingerprint density at radius 1 is 1.10 bits per heavy atom. The number of hydrogen-bond donors (Lipinski definition) is 1. The number of thiophene rings is 1. The number of rotatable bonds is 7. The summed E-state index contributed by atoms with van der Waals surface area (Å²) in [5.41, 5.74) is 1.66. The number of hydrogen-bond acceptors (Lipinski definition) is 4. The molecule has 2 aromatic carbocycles. The number of aromatic nitrogens is 1. The summed E-state index contributed by atoms with van der Waals surface area (Å²) in [4.78, 5) is 26.6. The van der Waals surface area contributed by atoms with Gasteiger partial charge in [0.2, 0.25) is 0 Å². The van der Waals surface area contributed by atoms with Gasteiger partial charge >= 0.3 is 0 Å². The minimum Gasteiger partial charge on any atom is -0.486 e. The summed E-state index contributed by atoms with van der Waals surface area (Å²) in [7, 11) is 1.75. The van der Waals surface area contributed by atoms with Crippen LogP contribution in [0.4, 0.5) is 0 Å². The number of fused-ring (bicyclic) bond motifs is 3. The third kappa shape index (κ3) is 3.71. The van der Waals surface area contributed by atoms with Crippen LogP contribution in [0.1, 0.15) is 35.0 Å². The van der Waals surface area contributed by atoms with Gasteiger partial charge in [-0.25, -0.2) is 0 Å². The number of aryl methyl sites for hydroxylation is 1. The summed E-state index contributed by atoms with van der Waals surface area (Å²) in [5.74, 6) is 0.179. The first-order valence-corrected chi connectivity index (χ1v) is 10.9. The van der Waals surface area contributed by atoms with Gasteiger partial charge in [-0.2, -0.15) is 0 Å². The highest BCUT2D eigenvalue weighted by Crippen LogP contribution is 2.39. The van der Waals surface area contributed by atoms with Crippen molar-refractivity contribution in [3.05, 3.63) is 75.4 Å². The molecule has 0 aliphatic heterocycles. The van der Waals surface area contributed by atoms with E-state index in [1.165, 1.54) is 11.3 Å². The van der Waals surface area contributed by atoms with Crippen LogP contribution in [0.2, 0.25) is 0 Å². The standard InChI is InChI=1S/C24H24N2O3S/c1-3-4-14-25-23(27)22-20(29-15-16-10-6-5-7-11-16)19-21(30-22)17-12-8-9-13-18(17)26(2)24(19)28/h5-13H,3-4,14-15H2,1-2H3,(H,25,27). The van der Waals surface area contributed by atoms with Crippen molar-refractivity contribution in [2.45, 2.75) is 26.4 Å². The highest BCUT2D eigenvalue weighted by Gasteiger charge is 2.24. The zero-order valence-corrected chi connectivity index (χ0v) is 17.9. The fourth-order valence-corrected chi connectivity index (χ4v) is 4.70. The average molecular weight is 421 g/mol. The molecule has 6 heteroatoms. The number of ether oxygens (including phenoxy) is 1. The Morgan fingerprint density at radius 2 is 1.83 bits per heavy atom. The van der Waals surface area contributed by atoms with E-state index in [4.69, 9.17) is 4.74 Å². The summed E-state index contributed by atoms with van der Waals surface area (Å²) < 4.78 is 8.54. The lowest BCUT2D eigenvalue weighted by Crippen LogP contribution is -2.24. The minimum atomic E-state index is -0.196. The topological polar surface area (TPSA) is 60.3 Å². The molecule has 0 radical (unpaired) electrons. The van der Waals surface area contributed by atoms with Crippen LogP contribution in [-0.4, -0.2) is 17.0 Å². The fraction of sp³-hybridized carbons (Fsp3) is 0.250. The minimum absolute atomic E-state index is 0.157. The van der Waals surface area contributed by atoms with Gasteiger partial charge in [0.15, 0.2) is 5.75 Å². The van der Waals surface area contributed by atoms with Gasteiger partial charge in [0.1, 0.15) is 16.9 Å².